The van der Waals surface area contributed by atoms with Crippen molar-refractivity contribution in [2.24, 2.45) is 0 Å². The number of aromatic nitrogens is 1. The van der Waals surface area contributed by atoms with E-state index in [9.17, 15) is 13.2 Å². The van der Waals surface area contributed by atoms with Gasteiger partial charge >= 0.3 is 0 Å². The molecule has 0 aliphatic heterocycles. The number of benzene rings is 2. The average molecular weight is 438 g/mol. The van der Waals surface area contributed by atoms with Gasteiger partial charge in [-0.15, -0.1) is 0 Å². The number of nitrogens with zero attached hydrogens (tertiary/aromatic N) is 2. The molecule has 7 heteroatoms. The summed E-state index contributed by atoms with van der Waals surface area (Å²) in [6.45, 7) is 2.54. The molecule has 2 aromatic carbocycles. The lowest BCUT2D eigenvalue weighted by atomic mass is 10.1. The van der Waals surface area contributed by atoms with Crippen LogP contribution in [0.3, 0.4) is 0 Å². The number of rotatable bonds is 9. The molecule has 162 valence electrons. The van der Waals surface area contributed by atoms with Crippen molar-refractivity contribution in [2.75, 3.05) is 11.8 Å². The van der Waals surface area contributed by atoms with Crippen molar-refractivity contribution in [3.05, 3.63) is 89.7 Å². The maximum atomic E-state index is 12.9. The Balaban J connectivity index is 1.72. The number of carbonyl (C=O) groups excluding carboxylic acids is 1. The molecule has 0 unspecified atom stereocenters. The van der Waals surface area contributed by atoms with Crippen molar-refractivity contribution in [1.29, 1.82) is 0 Å². The number of anilines is 1. The van der Waals surface area contributed by atoms with Crippen LogP contribution in [0.2, 0.25) is 0 Å². The summed E-state index contributed by atoms with van der Waals surface area (Å²) in [7, 11) is -2.13. The molecule has 31 heavy (non-hydrogen) atoms. The maximum absolute atomic E-state index is 12.9. The topological polar surface area (TPSA) is 79.4 Å². The van der Waals surface area contributed by atoms with Crippen LogP contribution in [0, 0.1) is 0 Å². The van der Waals surface area contributed by atoms with E-state index in [-0.39, 0.29) is 10.8 Å². The Morgan fingerprint density at radius 3 is 2.39 bits per heavy atom. The van der Waals surface area contributed by atoms with E-state index in [1.807, 2.05) is 24.3 Å². The molecule has 0 aliphatic rings. The normalized spacial score (nSPS) is 11.2. The summed E-state index contributed by atoms with van der Waals surface area (Å²) in [5, 5.41) is 0. The molecule has 0 atom stereocenters. The lowest BCUT2D eigenvalue weighted by Gasteiger charge is -2.18. The van der Waals surface area contributed by atoms with Crippen LogP contribution >= 0.6 is 0 Å². The Bertz CT molecular complexity index is 1110. The molecular formula is C24H27N3O3S. The van der Waals surface area contributed by atoms with E-state index >= 15 is 0 Å². The summed E-state index contributed by atoms with van der Waals surface area (Å²) < 4.78 is 28.3. The van der Waals surface area contributed by atoms with Crippen molar-refractivity contribution >= 4 is 21.6 Å². The van der Waals surface area contributed by atoms with Crippen molar-refractivity contribution < 1.29 is 13.2 Å². The SMILES string of the molecule is CCCCc1ccc(NS(=O)(=O)c2cccc(C(=O)N(C)Cc3ccncc3)c2)cc1. The standard InChI is InChI=1S/C24H27N3O3S/c1-3-4-6-19-9-11-22(12-10-19)26-31(29,30)23-8-5-7-21(17-23)24(28)27(2)18-20-13-15-25-16-14-20/h5,7-17,26H,3-4,6,18H2,1-2H3. The van der Waals surface area contributed by atoms with Crippen LogP contribution in [-0.2, 0) is 23.0 Å². The smallest absolute Gasteiger partial charge is 0.261 e. The largest absolute Gasteiger partial charge is 0.337 e. The maximum Gasteiger partial charge on any atom is 0.261 e. The number of hydrogen-bond acceptors (Lipinski definition) is 4. The number of sulfonamides is 1. The van der Waals surface area contributed by atoms with Gasteiger partial charge in [0.2, 0.25) is 0 Å². The second-order valence-corrected chi connectivity index (χ2v) is 9.13. The minimum absolute atomic E-state index is 0.0470. The Labute approximate surface area is 184 Å². The monoisotopic (exact) mass is 437 g/mol. The predicted octanol–water partition coefficient (Wildman–Crippen LogP) is 4.50. The fourth-order valence-electron chi connectivity index (χ4n) is 3.18. The summed E-state index contributed by atoms with van der Waals surface area (Å²) in [6.07, 6.45) is 6.52. The Hall–Kier alpha value is -3.19. The van der Waals surface area contributed by atoms with Gasteiger partial charge in [-0.25, -0.2) is 8.42 Å². The van der Waals surface area contributed by atoms with Gasteiger partial charge in [0.1, 0.15) is 0 Å². The van der Waals surface area contributed by atoms with E-state index in [4.69, 9.17) is 0 Å². The Morgan fingerprint density at radius 2 is 1.71 bits per heavy atom. The summed E-state index contributed by atoms with van der Waals surface area (Å²) >= 11 is 0. The minimum Gasteiger partial charge on any atom is -0.337 e. The van der Waals surface area contributed by atoms with Gasteiger partial charge in [0.15, 0.2) is 0 Å². The number of unbranched alkanes of at least 4 members (excludes halogenated alkanes) is 1. The molecule has 1 heterocycles. The van der Waals surface area contributed by atoms with E-state index in [0.29, 0.717) is 17.8 Å². The van der Waals surface area contributed by atoms with E-state index < -0.39 is 10.0 Å². The molecular weight excluding hydrogens is 410 g/mol. The van der Waals surface area contributed by atoms with Crippen LogP contribution in [-0.4, -0.2) is 31.3 Å². The van der Waals surface area contributed by atoms with Crippen molar-refractivity contribution in [1.82, 2.24) is 9.88 Å². The fourth-order valence-corrected chi connectivity index (χ4v) is 4.29. The van der Waals surface area contributed by atoms with Crippen molar-refractivity contribution in [3.63, 3.8) is 0 Å². The number of nitrogens with one attached hydrogen (secondary N) is 1. The molecule has 1 amide bonds. The van der Waals surface area contributed by atoms with E-state index in [1.165, 1.54) is 17.7 Å². The highest BCUT2D eigenvalue weighted by molar-refractivity contribution is 7.92. The van der Waals surface area contributed by atoms with Gasteiger partial charge in [0.25, 0.3) is 15.9 Å². The van der Waals surface area contributed by atoms with Crippen LogP contribution < -0.4 is 4.72 Å². The molecule has 0 radical (unpaired) electrons. The molecule has 1 N–H and O–H groups in total. The van der Waals surface area contributed by atoms with Crippen LogP contribution in [0.25, 0.3) is 0 Å². The zero-order chi connectivity index (χ0) is 22.3. The van der Waals surface area contributed by atoms with Crippen LogP contribution in [0.4, 0.5) is 5.69 Å². The second kappa shape index (κ2) is 10.2. The van der Waals surface area contributed by atoms with Crippen molar-refractivity contribution in [3.8, 4) is 0 Å². The molecule has 0 aliphatic carbocycles. The summed E-state index contributed by atoms with van der Waals surface area (Å²) in [4.78, 5) is 18.4. The number of amides is 1. The predicted molar refractivity (Wildman–Crippen MR) is 122 cm³/mol. The highest BCUT2D eigenvalue weighted by atomic mass is 32.2. The van der Waals surface area contributed by atoms with Crippen molar-refractivity contribution in [2.45, 2.75) is 37.6 Å². The molecule has 6 nitrogen and oxygen atoms in total. The first-order chi connectivity index (χ1) is 14.9. The highest BCUT2D eigenvalue weighted by Gasteiger charge is 2.18. The van der Waals surface area contributed by atoms with Gasteiger partial charge in [-0.1, -0.05) is 31.5 Å². The molecule has 0 saturated heterocycles. The molecule has 0 bridgehead atoms. The number of aryl methyl sites for hydroxylation is 1. The van der Waals surface area contributed by atoms with Crippen LogP contribution in [0.15, 0.2) is 78.0 Å². The van der Waals surface area contributed by atoms with Gasteiger partial charge in [0, 0.05) is 37.2 Å². The van der Waals surface area contributed by atoms with Gasteiger partial charge in [-0.3, -0.25) is 14.5 Å². The second-order valence-electron chi connectivity index (χ2n) is 7.45. The lowest BCUT2D eigenvalue weighted by Crippen LogP contribution is -2.26. The number of carbonyl (C=O) groups is 1. The molecule has 0 fully saturated rings. The number of pyridine rings is 1. The van der Waals surface area contributed by atoms with Gasteiger partial charge in [-0.05, 0) is 66.4 Å². The quantitative estimate of drug-likeness (QED) is 0.535. The molecule has 0 saturated carbocycles. The van der Waals surface area contributed by atoms with E-state index in [2.05, 4.69) is 16.6 Å². The summed E-state index contributed by atoms with van der Waals surface area (Å²) in [5.41, 5.74) is 2.93. The van der Waals surface area contributed by atoms with Crippen LogP contribution in [0.1, 0.15) is 41.3 Å². The molecule has 0 spiro atoms. The summed E-state index contributed by atoms with van der Waals surface area (Å²) in [6, 6.07) is 17.1. The van der Waals surface area contributed by atoms with Gasteiger partial charge in [-0.2, -0.15) is 0 Å². The highest BCUT2D eigenvalue weighted by Crippen LogP contribution is 2.19. The van der Waals surface area contributed by atoms with Crippen LogP contribution in [0.5, 0.6) is 0 Å². The third-order valence-electron chi connectivity index (χ3n) is 4.93. The average Bonchev–Trinajstić information content (AvgIpc) is 2.78. The van der Waals surface area contributed by atoms with Gasteiger partial charge in [0.05, 0.1) is 4.90 Å². The first-order valence-electron chi connectivity index (χ1n) is 10.3. The Morgan fingerprint density at radius 1 is 1.00 bits per heavy atom. The third kappa shape index (κ3) is 6.15. The fraction of sp³-hybridized carbons (Fsp3) is 0.250. The molecule has 1 aromatic heterocycles. The molecule has 3 aromatic rings. The zero-order valence-electron chi connectivity index (χ0n) is 17.8. The van der Waals surface area contributed by atoms with Gasteiger partial charge < -0.3 is 4.90 Å². The zero-order valence-corrected chi connectivity index (χ0v) is 18.6. The third-order valence-corrected chi connectivity index (χ3v) is 6.31. The molecule has 3 rings (SSSR count). The van der Waals surface area contributed by atoms with E-state index in [1.54, 1.807) is 48.6 Å². The minimum atomic E-state index is -3.81. The summed E-state index contributed by atoms with van der Waals surface area (Å²) in [5.74, 6) is -0.255. The number of hydrogen-bond donors (Lipinski definition) is 1. The Kier molecular flexibility index (Phi) is 7.41. The lowest BCUT2D eigenvalue weighted by molar-refractivity contribution is 0.0785. The first-order valence-corrected chi connectivity index (χ1v) is 11.7. The van der Waals surface area contributed by atoms with E-state index in [0.717, 1.165) is 24.8 Å². The first kappa shape index (κ1) is 22.5.